The van der Waals surface area contributed by atoms with Gasteiger partial charge < -0.3 is 0 Å². The van der Waals surface area contributed by atoms with E-state index in [9.17, 15) is 0 Å². The smallest absolute Gasteiger partial charge is 0.0181 e. The molecular formula is C53H43Br. The Morgan fingerprint density at radius 2 is 0.981 bits per heavy atom. The van der Waals surface area contributed by atoms with Crippen molar-refractivity contribution in [1.29, 1.82) is 0 Å². The fourth-order valence-corrected chi connectivity index (χ4v) is 11.4. The normalized spacial score (nSPS) is 17.7. The fourth-order valence-electron chi connectivity index (χ4n) is 11.1. The minimum absolute atomic E-state index is 0.00273. The lowest BCUT2D eigenvalue weighted by Gasteiger charge is -2.27. The Kier molecular flexibility index (Phi) is 6.51. The van der Waals surface area contributed by atoms with Crippen molar-refractivity contribution in [3.63, 3.8) is 0 Å². The van der Waals surface area contributed by atoms with Gasteiger partial charge in [-0.1, -0.05) is 154 Å². The highest BCUT2D eigenvalue weighted by Crippen LogP contribution is 2.56. The average molecular weight is 760 g/mol. The summed E-state index contributed by atoms with van der Waals surface area (Å²) in [5.74, 6) is 0. The highest BCUT2D eigenvalue weighted by molar-refractivity contribution is 9.10. The van der Waals surface area contributed by atoms with Crippen molar-refractivity contribution in [3.05, 3.63) is 171 Å². The number of rotatable bonds is 2. The Morgan fingerprint density at radius 3 is 1.69 bits per heavy atom. The summed E-state index contributed by atoms with van der Waals surface area (Å²) < 4.78 is 1.10. The van der Waals surface area contributed by atoms with Crippen LogP contribution in [0.1, 0.15) is 87.8 Å². The van der Waals surface area contributed by atoms with E-state index in [0.29, 0.717) is 0 Å². The van der Waals surface area contributed by atoms with Gasteiger partial charge in [-0.25, -0.2) is 0 Å². The minimum Gasteiger partial charge on any atom is -0.0836 e. The van der Waals surface area contributed by atoms with Crippen LogP contribution in [0.15, 0.2) is 137 Å². The van der Waals surface area contributed by atoms with Crippen molar-refractivity contribution >= 4 is 43.0 Å². The second-order valence-electron chi connectivity index (χ2n) is 17.7. The first-order valence-corrected chi connectivity index (χ1v) is 20.4. The molecule has 0 atom stereocenters. The summed E-state index contributed by atoms with van der Waals surface area (Å²) in [6.45, 7) is 14.5. The second kappa shape index (κ2) is 10.8. The van der Waals surface area contributed by atoms with Crippen molar-refractivity contribution < 1.29 is 0 Å². The van der Waals surface area contributed by atoms with Gasteiger partial charge in [0.1, 0.15) is 0 Å². The van der Waals surface area contributed by atoms with Crippen molar-refractivity contribution in [3.8, 4) is 44.5 Å². The molecule has 0 bridgehead atoms. The van der Waals surface area contributed by atoms with E-state index in [0.717, 1.165) is 17.3 Å². The quantitative estimate of drug-likeness (QED) is 0.154. The Labute approximate surface area is 327 Å². The average Bonchev–Trinajstić information content (AvgIpc) is 3.65. The summed E-state index contributed by atoms with van der Waals surface area (Å²) in [4.78, 5) is 0. The van der Waals surface area contributed by atoms with Crippen LogP contribution in [0.3, 0.4) is 0 Å². The summed E-state index contributed by atoms with van der Waals surface area (Å²) in [5, 5.41) is 5.22. The van der Waals surface area contributed by atoms with Gasteiger partial charge in [-0.05, 0) is 154 Å². The topological polar surface area (TPSA) is 0 Å². The third-order valence-electron chi connectivity index (χ3n) is 13.8. The van der Waals surface area contributed by atoms with E-state index in [1.807, 2.05) is 0 Å². The van der Waals surface area contributed by atoms with E-state index >= 15 is 0 Å². The van der Waals surface area contributed by atoms with Crippen LogP contribution in [0, 0.1) is 0 Å². The molecule has 0 N–H and O–H groups in total. The molecule has 0 saturated carbocycles. The summed E-state index contributed by atoms with van der Waals surface area (Å²) in [6.07, 6.45) is 7.00. The molecule has 0 radical (unpaired) electrons. The number of hydrogen-bond donors (Lipinski definition) is 0. The largest absolute Gasteiger partial charge is 0.0836 e. The molecule has 4 aliphatic carbocycles. The third-order valence-corrected chi connectivity index (χ3v) is 14.3. The molecule has 0 fully saturated rings. The van der Waals surface area contributed by atoms with Crippen molar-refractivity contribution in [2.45, 2.75) is 70.6 Å². The zero-order valence-corrected chi connectivity index (χ0v) is 33.5. The van der Waals surface area contributed by atoms with Crippen LogP contribution in [-0.2, 0) is 16.2 Å². The lowest BCUT2D eigenvalue weighted by Crippen LogP contribution is -2.17. The number of fused-ring (bicyclic) bond motifs is 10. The zero-order chi connectivity index (χ0) is 36.9. The predicted octanol–water partition coefficient (Wildman–Crippen LogP) is 15.1. The van der Waals surface area contributed by atoms with E-state index in [2.05, 4.69) is 185 Å². The fraction of sp³-hybridized carbons (Fsp3) is 0.208. The van der Waals surface area contributed by atoms with E-state index in [1.54, 1.807) is 5.57 Å². The molecule has 7 aromatic rings. The zero-order valence-electron chi connectivity index (χ0n) is 31.9. The molecule has 0 aliphatic heterocycles. The molecule has 0 unspecified atom stereocenters. The summed E-state index contributed by atoms with van der Waals surface area (Å²) in [6, 6.07) is 44.8. The standard InChI is InChI=1S/C53H43Br/c1-51(2)43-16-10-7-13-33(43)36-22-19-30(25-46(36)51)49-38-24-21-32(54)27-40(38)50(31-20-23-37-34-14-8-11-17-44(34)52(3,4)47(37)26-31)42-29-48-39(28-41(42)49)35-15-9-12-18-45(35)53(48,5)6/h7-10,12-16,18-29H,11,17H2,1-6H3. The number of halogens is 1. The first-order valence-electron chi connectivity index (χ1n) is 19.6. The van der Waals surface area contributed by atoms with Crippen LogP contribution in [0.2, 0.25) is 0 Å². The molecule has 11 rings (SSSR count). The van der Waals surface area contributed by atoms with Crippen molar-refractivity contribution in [2.24, 2.45) is 0 Å². The molecule has 262 valence electrons. The molecule has 0 saturated heterocycles. The second-order valence-corrected chi connectivity index (χ2v) is 18.6. The monoisotopic (exact) mass is 758 g/mol. The lowest BCUT2D eigenvalue weighted by atomic mass is 9.77. The van der Waals surface area contributed by atoms with Gasteiger partial charge in [0.05, 0.1) is 0 Å². The summed E-state index contributed by atoms with van der Waals surface area (Å²) in [7, 11) is 0. The lowest BCUT2D eigenvalue weighted by molar-refractivity contribution is 0.607. The molecular weight excluding hydrogens is 716 g/mol. The van der Waals surface area contributed by atoms with Gasteiger partial charge >= 0.3 is 0 Å². The molecule has 0 spiro atoms. The van der Waals surface area contributed by atoms with Crippen LogP contribution >= 0.6 is 15.9 Å². The molecule has 0 heterocycles. The third kappa shape index (κ3) is 4.14. The van der Waals surface area contributed by atoms with Crippen molar-refractivity contribution in [1.82, 2.24) is 0 Å². The molecule has 54 heavy (non-hydrogen) atoms. The molecule has 7 aromatic carbocycles. The van der Waals surface area contributed by atoms with Crippen LogP contribution in [0.5, 0.6) is 0 Å². The van der Waals surface area contributed by atoms with Crippen LogP contribution in [-0.4, -0.2) is 0 Å². The van der Waals surface area contributed by atoms with E-state index in [1.165, 1.54) is 105 Å². The number of hydrogen-bond acceptors (Lipinski definition) is 0. The highest BCUT2D eigenvalue weighted by atomic mass is 79.9. The first kappa shape index (κ1) is 32.5. The van der Waals surface area contributed by atoms with Gasteiger partial charge in [-0.2, -0.15) is 0 Å². The summed E-state index contributed by atoms with van der Waals surface area (Å²) in [5.41, 5.74) is 22.0. The van der Waals surface area contributed by atoms with Crippen LogP contribution in [0.4, 0.5) is 0 Å². The van der Waals surface area contributed by atoms with Gasteiger partial charge in [-0.3, -0.25) is 0 Å². The minimum atomic E-state index is -0.109. The van der Waals surface area contributed by atoms with Crippen molar-refractivity contribution in [2.75, 3.05) is 0 Å². The highest BCUT2D eigenvalue weighted by Gasteiger charge is 2.40. The van der Waals surface area contributed by atoms with Crippen LogP contribution in [0.25, 0.3) is 71.6 Å². The van der Waals surface area contributed by atoms with Crippen LogP contribution < -0.4 is 0 Å². The SMILES string of the molecule is CC1(C)C2=C(C=CCC2)c2ccc(-c3c4cc(Br)ccc4c(-c4ccc5c(c4)C(C)(C)c4ccccc4-5)c4cc5c(cc34)C(C)(C)c3ccccc3-5)cc21. The molecule has 0 amide bonds. The maximum absolute atomic E-state index is 3.94. The van der Waals surface area contributed by atoms with E-state index in [4.69, 9.17) is 0 Å². The summed E-state index contributed by atoms with van der Waals surface area (Å²) >= 11 is 3.94. The molecule has 0 aromatic heterocycles. The maximum Gasteiger partial charge on any atom is 0.0181 e. The van der Waals surface area contributed by atoms with Gasteiger partial charge in [0, 0.05) is 20.7 Å². The molecule has 1 heteroatoms. The van der Waals surface area contributed by atoms with Gasteiger partial charge in [0.2, 0.25) is 0 Å². The number of benzene rings is 7. The predicted molar refractivity (Wildman–Crippen MR) is 233 cm³/mol. The van der Waals surface area contributed by atoms with Gasteiger partial charge in [0.15, 0.2) is 0 Å². The Hall–Kier alpha value is -4.98. The molecule has 0 nitrogen and oxygen atoms in total. The molecule has 4 aliphatic rings. The Morgan fingerprint density at radius 1 is 0.444 bits per heavy atom. The maximum atomic E-state index is 3.94. The van der Waals surface area contributed by atoms with E-state index in [-0.39, 0.29) is 16.2 Å². The van der Waals surface area contributed by atoms with Gasteiger partial charge in [-0.15, -0.1) is 0 Å². The van der Waals surface area contributed by atoms with E-state index < -0.39 is 0 Å². The first-order chi connectivity index (χ1) is 26.0. The van der Waals surface area contributed by atoms with Gasteiger partial charge in [0.25, 0.3) is 0 Å². The number of allylic oxidation sites excluding steroid dienone is 4. The Bertz CT molecular complexity index is 2910. The Balaban J connectivity index is 1.25.